The molecule has 0 heterocycles. The second-order valence-corrected chi connectivity index (χ2v) is 3.87. The van der Waals surface area contributed by atoms with Crippen LogP contribution in [0.1, 0.15) is 34.8 Å². The van der Waals surface area contributed by atoms with Crippen LogP contribution in [0, 0.1) is 11.3 Å². The highest BCUT2D eigenvalue weighted by Crippen LogP contribution is 2.14. The number of esters is 1. The molecular formula is C13H14ClNO2. The normalized spacial score (nSPS) is 9.71. The molecule has 0 aromatic heterocycles. The molecule has 0 amide bonds. The summed E-state index contributed by atoms with van der Waals surface area (Å²) in [6, 6.07) is 7.13. The molecule has 0 bridgehead atoms. The van der Waals surface area contributed by atoms with Gasteiger partial charge in [-0.2, -0.15) is 5.26 Å². The second-order valence-electron chi connectivity index (χ2n) is 3.50. The van der Waals surface area contributed by atoms with E-state index in [-0.39, 0.29) is 0 Å². The third-order valence-corrected chi connectivity index (χ3v) is 2.59. The summed E-state index contributed by atoms with van der Waals surface area (Å²) in [6.07, 6.45) is 1.56. The third kappa shape index (κ3) is 3.76. The van der Waals surface area contributed by atoms with Gasteiger partial charge in [-0.05, 0) is 37.5 Å². The van der Waals surface area contributed by atoms with E-state index in [4.69, 9.17) is 21.6 Å². The number of rotatable bonds is 5. The molecule has 0 unspecified atom stereocenters. The summed E-state index contributed by atoms with van der Waals surface area (Å²) in [6.45, 7) is 2.08. The van der Waals surface area contributed by atoms with Crippen LogP contribution in [0.3, 0.4) is 0 Å². The summed E-state index contributed by atoms with van der Waals surface area (Å²) in [5, 5.41) is 9.02. The average molecular weight is 252 g/mol. The highest BCUT2D eigenvalue weighted by atomic mass is 35.5. The van der Waals surface area contributed by atoms with Crippen molar-refractivity contribution in [2.24, 2.45) is 0 Å². The van der Waals surface area contributed by atoms with Gasteiger partial charge in [0.1, 0.15) is 0 Å². The van der Waals surface area contributed by atoms with Gasteiger partial charge in [0, 0.05) is 5.88 Å². The topological polar surface area (TPSA) is 50.1 Å². The van der Waals surface area contributed by atoms with E-state index in [1.54, 1.807) is 25.1 Å². The van der Waals surface area contributed by atoms with E-state index in [1.807, 2.05) is 0 Å². The van der Waals surface area contributed by atoms with E-state index in [9.17, 15) is 4.79 Å². The van der Waals surface area contributed by atoms with Gasteiger partial charge in [0.25, 0.3) is 0 Å². The molecule has 0 saturated heterocycles. The van der Waals surface area contributed by atoms with Crippen molar-refractivity contribution in [1.82, 2.24) is 0 Å². The first-order valence-electron chi connectivity index (χ1n) is 5.49. The van der Waals surface area contributed by atoms with Crippen LogP contribution in [0.4, 0.5) is 0 Å². The summed E-state index contributed by atoms with van der Waals surface area (Å²) in [5.74, 6) is 0.165. The lowest BCUT2D eigenvalue weighted by molar-refractivity contribution is 0.0526. The summed E-state index contributed by atoms with van der Waals surface area (Å²) in [7, 11) is 0. The van der Waals surface area contributed by atoms with Crippen molar-refractivity contribution in [2.75, 3.05) is 12.5 Å². The predicted octanol–water partition coefficient (Wildman–Crippen LogP) is 2.91. The first-order chi connectivity index (χ1) is 8.22. The van der Waals surface area contributed by atoms with E-state index in [1.165, 1.54) is 0 Å². The Bertz CT molecular complexity index is 438. The van der Waals surface area contributed by atoms with E-state index in [2.05, 4.69) is 6.07 Å². The standard InChI is InChI=1S/C13H14ClNO2/c1-2-17-13(16)11-6-5-10(4-3-7-14)12(8-11)9-15/h5-6,8H,2-4,7H2,1H3. The molecule has 90 valence electrons. The van der Waals surface area contributed by atoms with Gasteiger partial charge in [0.15, 0.2) is 0 Å². The van der Waals surface area contributed by atoms with Crippen molar-refractivity contribution in [3.8, 4) is 6.07 Å². The number of halogens is 1. The zero-order valence-electron chi connectivity index (χ0n) is 9.70. The van der Waals surface area contributed by atoms with Crippen LogP contribution in [0.25, 0.3) is 0 Å². The van der Waals surface area contributed by atoms with Gasteiger partial charge < -0.3 is 4.74 Å². The summed E-state index contributed by atoms with van der Waals surface area (Å²) in [4.78, 5) is 11.5. The summed E-state index contributed by atoms with van der Waals surface area (Å²) >= 11 is 5.61. The van der Waals surface area contributed by atoms with Crippen LogP contribution in [-0.2, 0) is 11.2 Å². The monoisotopic (exact) mass is 251 g/mol. The average Bonchev–Trinajstić information content (AvgIpc) is 2.36. The quantitative estimate of drug-likeness (QED) is 0.597. The van der Waals surface area contributed by atoms with Crippen LogP contribution < -0.4 is 0 Å². The second kappa shape index (κ2) is 6.93. The molecule has 1 rings (SSSR count). The predicted molar refractivity (Wildman–Crippen MR) is 66.2 cm³/mol. The number of benzene rings is 1. The molecule has 0 aliphatic heterocycles. The zero-order valence-corrected chi connectivity index (χ0v) is 10.5. The largest absolute Gasteiger partial charge is 0.462 e. The molecule has 0 fully saturated rings. The Morgan fingerprint density at radius 2 is 2.29 bits per heavy atom. The fourth-order valence-electron chi connectivity index (χ4n) is 1.50. The maximum atomic E-state index is 11.5. The summed E-state index contributed by atoms with van der Waals surface area (Å²) in [5.41, 5.74) is 1.85. The number of ether oxygens (including phenoxy) is 1. The molecule has 0 saturated carbocycles. The number of nitriles is 1. The Morgan fingerprint density at radius 3 is 2.88 bits per heavy atom. The Hall–Kier alpha value is -1.53. The van der Waals surface area contributed by atoms with Crippen molar-refractivity contribution in [3.63, 3.8) is 0 Å². The minimum atomic E-state index is -0.395. The first-order valence-corrected chi connectivity index (χ1v) is 6.02. The molecule has 0 spiro atoms. The van der Waals surface area contributed by atoms with Crippen LogP contribution >= 0.6 is 11.6 Å². The molecule has 0 N–H and O–H groups in total. The first kappa shape index (κ1) is 13.5. The Balaban J connectivity index is 2.93. The van der Waals surface area contributed by atoms with Crippen LogP contribution in [0.2, 0.25) is 0 Å². The maximum Gasteiger partial charge on any atom is 0.338 e. The molecule has 0 aliphatic carbocycles. The van der Waals surface area contributed by atoms with Gasteiger partial charge >= 0.3 is 5.97 Å². The lowest BCUT2D eigenvalue weighted by atomic mass is 10.0. The fraction of sp³-hybridized carbons (Fsp3) is 0.385. The van der Waals surface area contributed by atoms with Crippen LogP contribution in [0.15, 0.2) is 18.2 Å². The molecule has 0 aliphatic rings. The van der Waals surface area contributed by atoms with Crippen LogP contribution in [-0.4, -0.2) is 18.5 Å². The number of nitrogens with zero attached hydrogens (tertiary/aromatic N) is 1. The highest BCUT2D eigenvalue weighted by Gasteiger charge is 2.10. The molecule has 0 atom stereocenters. The van der Waals surface area contributed by atoms with Gasteiger partial charge in [0.2, 0.25) is 0 Å². The van der Waals surface area contributed by atoms with Gasteiger partial charge in [0.05, 0.1) is 23.8 Å². The Morgan fingerprint density at radius 1 is 1.53 bits per heavy atom. The lowest BCUT2D eigenvalue weighted by Crippen LogP contribution is -2.05. The van der Waals surface area contributed by atoms with Crippen molar-refractivity contribution in [2.45, 2.75) is 19.8 Å². The highest BCUT2D eigenvalue weighted by molar-refractivity contribution is 6.17. The number of hydrogen-bond acceptors (Lipinski definition) is 3. The lowest BCUT2D eigenvalue weighted by Gasteiger charge is -2.06. The maximum absolute atomic E-state index is 11.5. The van der Waals surface area contributed by atoms with E-state index >= 15 is 0 Å². The van der Waals surface area contributed by atoms with Gasteiger partial charge in [-0.1, -0.05) is 6.07 Å². The molecule has 17 heavy (non-hydrogen) atoms. The minimum Gasteiger partial charge on any atom is -0.462 e. The molecule has 1 aromatic rings. The zero-order chi connectivity index (χ0) is 12.7. The number of alkyl halides is 1. The minimum absolute atomic E-state index is 0.328. The Kier molecular flexibility index (Phi) is 5.51. The van der Waals surface area contributed by atoms with Crippen molar-refractivity contribution in [3.05, 3.63) is 34.9 Å². The summed E-state index contributed by atoms with van der Waals surface area (Å²) < 4.78 is 4.88. The van der Waals surface area contributed by atoms with Crippen LogP contribution in [0.5, 0.6) is 0 Å². The number of aryl methyl sites for hydroxylation is 1. The number of carbonyl (C=O) groups is 1. The van der Waals surface area contributed by atoms with Crippen molar-refractivity contribution < 1.29 is 9.53 Å². The SMILES string of the molecule is CCOC(=O)c1ccc(CCCCl)c(C#N)c1. The number of carbonyl (C=O) groups excluding carboxylic acids is 1. The van der Waals surface area contributed by atoms with Crippen molar-refractivity contribution >= 4 is 17.6 Å². The molecule has 3 nitrogen and oxygen atoms in total. The van der Waals surface area contributed by atoms with Crippen molar-refractivity contribution in [1.29, 1.82) is 5.26 Å². The van der Waals surface area contributed by atoms with Gasteiger partial charge in [-0.15, -0.1) is 11.6 Å². The van der Waals surface area contributed by atoms with E-state index < -0.39 is 5.97 Å². The molecule has 4 heteroatoms. The van der Waals surface area contributed by atoms with E-state index in [0.29, 0.717) is 23.6 Å². The molecule has 0 radical (unpaired) electrons. The molecule has 1 aromatic carbocycles. The smallest absolute Gasteiger partial charge is 0.338 e. The van der Waals surface area contributed by atoms with E-state index in [0.717, 1.165) is 18.4 Å². The number of hydrogen-bond donors (Lipinski definition) is 0. The third-order valence-electron chi connectivity index (χ3n) is 2.32. The Labute approximate surface area is 106 Å². The fourth-order valence-corrected chi connectivity index (χ4v) is 1.63. The van der Waals surface area contributed by atoms with Gasteiger partial charge in [-0.25, -0.2) is 4.79 Å². The molecular weight excluding hydrogens is 238 g/mol. The van der Waals surface area contributed by atoms with Gasteiger partial charge in [-0.3, -0.25) is 0 Å².